The topological polar surface area (TPSA) is 67.0 Å². The number of hydrogen-bond acceptors (Lipinski definition) is 3. The van der Waals surface area contributed by atoms with Gasteiger partial charge in [0.2, 0.25) is 11.8 Å². The number of nitrogens with one attached hydrogen (secondary N) is 2. The van der Waals surface area contributed by atoms with Crippen molar-refractivity contribution in [3.8, 4) is 5.88 Å². The molecular formula is C19H21N3O2. The van der Waals surface area contributed by atoms with E-state index in [9.17, 15) is 4.79 Å². The number of carbonyl (C=O) groups excluding carboxylic acids is 1. The highest BCUT2D eigenvalue weighted by Gasteiger charge is 2.06. The molecule has 0 radical (unpaired) electrons. The summed E-state index contributed by atoms with van der Waals surface area (Å²) in [5.41, 5.74) is 3.36. The minimum Gasteiger partial charge on any atom is -0.481 e. The molecule has 2 aromatic heterocycles. The summed E-state index contributed by atoms with van der Waals surface area (Å²) >= 11 is 0. The maximum atomic E-state index is 12.0. The summed E-state index contributed by atoms with van der Waals surface area (Å²) in [4.78, 5) is 19.4. The first-order valence-electron chi connectivity index (χ1n) is 8.07. The molecule has 2 N–H and O–H groups in total. The van der Waals surface area contributed by atoms with Gasteiger partial charge in [-0.1, -0.05) is 24.3 Å². The maximum Gasteiger partial charge on any atom is 0.220 e. The third kappa shape index (κ3) is 3.93. The number of para-hydroxylation sites is 1. The molecule has 3 aromatic rings. The fourth-order valence-electron chi connectivity index (χ4n) is 2.70. The van der Waals surface area contributed by atoms with Crippen LogP contribution in [0.3, 0.4) is 0 Å². The predicted molar refractivity (Wildman–Crippen MR) is 93.9 cm³/mol. The van der Waals surface area contributed by atoms with E-state index in [1.807, 2.05) is 24.4 Å². The summed E-state index contributed by atoms with van der Waals surface area (Å²) in [6.45, 7) is 0.489. The van der Waals surface area contributed by atoms with Crippen LogP contribution in [0.2, 0.25) is 0 Å². The molecule has 1 amide bonds. The molecule has 0 atom stereocenters. The Balaban J connectivity index is 1.44. The van der Waals surface area contributed by atoms with Gasteiger partial charge in [0, 0.05) is 42.3 Å². The Morgan fingerprint density at radius 1 is 1.25 bits per heavy atom. The standard InChI is InChI=1S/C19H21N3O2/c1-24-19-10-9-14(12-22-19)11-21-18(23)8-4-5-15-13-20-17-7-3-2-6-16(15)17/h2-3,6-7,9-10,12-13,20H,4-5,8,11H2,1H3,(H,21,23). The quantitative estimate of drug-likeness (QED) is 0.701. The van der Waals surface area contributed by atoms with Crippen LogP contribution in [-0.4, -0.2) is 23.0 Å². The molecule has 0 spiro atoms. The summed E-state index contributed by atoms with van der Waals surface area (Å²) in [6.07, 6.45) is 5.98. The number of fused-ring (bicyclic) bond motifs is 1. The number of benzene rings is 1. The van der Waals surface area contributed by atoms with Crippen LogP contribution in [-0.2, 0) is 17.8 Å². The van der Waals surface area contributed by atoms with E-state index < -0.39 is 0 Å². The Labute approximate surface area is 141 Å². The third-order valence-electron chi connectivity index (χ3n) is 4.02. The molecule has 124 valence electrons. The van der Waals surface area contributed by atoms with E-state index in [0.29, 0.717) is 18.8 Å². The number of nitrogens with zero attached hydrogens (tertiary/aromatic N) is 1. The Kier molecular flexibility index (Phi) is 5.11. The smallest absolute Gasteiger partial charge is 0.220 e. The third-order valence-corrected chi connectivity index (χ3v) is 4.02. The second-order valence-corrected chi connectivity index (χ2v) is 5.70. The van der Waals surface area contributed by atoms with Crippen molar-refractivity contribution in [3.63, 3.8) is 0 Å². The molecule has 0 bridgehead atoms. The summed E-state index contributed by atoms with van der Waals surface area (Å²) in [5, 5.41) is 4.16. The van der Waals surface area contributed by atoms with Gasteiger partial charge in [0.25, 0.3) is 0 Å². The highest BCUT2D eigenvalue weighted by atomic mass is 16.5. The molecule has 0 aliphatic rings. The number of aryl methyl sites for hydroxylation is 1. The van der Waals surface area contributed by atoms with E-state index in [1.165, 1.54) is 10.9 Å². The van der Waals surface area contributed by atoms with Crippen molar-refractivity contribution in [2.45, 2.75) is 25.8 Å². The van der Waals surface area contributed by atoms with E-state index in [2.05, 4.69) is 27.4 Å². The number of rotatable bonds is 7. The lowest BCUT2D eigenvalue weighted by atomic mass is 10.1. The van der Waals surface area contributed by atoms with Gasteiger partial charge in [-0.3, -0.25) is 4.79 Å². The maximum absolute atomic E-state index is 12.0. The molecule has 0 saturated carbocycles. The first-order chi connectivity index (χ1) is 11.8. The largest absolute Gasteiger partial charge is 0.481 e. The molecule has 0 saturated heterocycles. The number of ether oxygens (including phenoxy) is 1. The predicted octanol–water partition coefficient (Wildman–Crippen LogP) is 3.21. The molecule has 0 fully saturated rings. The molecule has 0 aliphatic heterocycles. The van der Waals surface area contributed by atoms with Gasteiger partial charge in [-0.15, -0.1) is 0 Å². The normalized spacial score (nSPS) is 10.7. The molecule has 1 aromatic carbocycles. The fraction of sp³-hybridized carbons (Fsp3) is 0.263. The fourth-order valence-corrected chi connectivity index (χ4v) is 2.70. The van der Waals surface area contributed by atoms with Crippen molar-refractivity contribution >= 4 is 16.8 Å². The van der Waals surface area contributed by atoms with E-state index in [1.54, 1.807) is 19.4 Å². The molecular weight excluding hydrogens is 302 g/mol. The van der Waals surface area contributed by atoms with Crippen molar-refractivity contribution in [1.29, 1.82) is 0 Å². The lowest BCUT2D eigenvalue weighted by Crippen LogP contribution is -2.22. The SMILES string of the molecule is COc1ccc(CNC(=O)CCCc2c[nH]c3ccccc23)cn1. The number of carbonyl (C=O) groups is 1. The number of aromatic nitrogens is 2. The highest BCUT2D eigenvalue weighted by molar-refractivity contribution is 5.83. The van der Waals surface area contributed by atoms with Gasteiger partial charge < -0.3 is 15.0 Å². The van der Waals surface area contributed by atoms with Gasteiger partial charge in [0.15, 0.2) is 0 Å². The highest BCUT2D eigenvalue weighted by Crippen LogP contribution is 2.19. The average molecular weight is 323 g/mol. The number of methoxy groups -OCH3 is 1. The van der Waals surface area contributed by atoms with Crippen LogP contribution < -0.4 is 10.1 Å². The van der Waals surface area contributed by atoms with Gasteiger partial charge in [-0.25, -0.2) is 4.98 Å². The zero-order chi connectivity index (χ0) is 16.8. The van der Waals surface area contributed by atoms with E-state index >= 15 is 0 Å². The van der Waals surface area contributed by atoms with Crippen LogP contribution in [0.4, 0.5) is 0 Å². The molecule has 5 heteroatoms. The van der Waals surface area contributed by atoms with Crippen LogP contribution in [0.1, 0.15) is 24.0 Å². The first-order valence-corrected chi connectivity index (χ1v) is 8.07. The number of amides is 1. The van der Waals surface area contributed by atoms with Crippen molar-refractivity contribution in [2.75, 3.05) is 7.11 Å². The van der Waals surface area contributed by atoms with Crippen molar-refractivity contribution in [2.24, 2.45) is 0 Å². The van der Waals surface area contributed by atoms with Crippen molar-refractivity contribution < 1.29 is 9.53 Å². The summed E-state index contributed by atoms with van der Waals surface area (Å²) < 4.78 is 5.01. The zero-order valence-electron chi connectivity index (χ0n) is 13.7. The van der Waals surface area contributed by atoms with Crippen LogP contribution in [0.25, 0.3) is 10.9 Å². The molecule has 5 nitrogen and oxygen atoms in total. The zero-order valence-corrected chi connectivity index (χ0v) is 13.7. The van der Waals surface area contributed by atoms with Crippen LogP contribution in [0.15, 0.2) is 48.8 Å². The Morgan fingerprint density at radius 3 is 2.92 bits per heavy atom. The molecule has 0 aliphatic carbocycles. The minimum absolute atomic E-state index is 0.0608. The van der Waals surface area contributed by atoms with Crippen LogP contribution in [0, 0.1) is 0 Å². The second-order valence-electron chi connectivity index (χ2n) is 5.70. The minimum atomic E-state index is 0.0608. The van der Waals surface area contributed by atoms with Gasteiger partial charge in [-0.05, 0) is 30.0 Å². The lowest BCUT2D eigenvalue weighted by molar-refractivity contribution is -0.121. The Bertz CT molecular complexity index is 809. The Morgan fingerprint density at radius 2 is 2.12 bits per heavy atom. The number of H-pyrrole nitrogens is 1. The van der Waals surface area contributed by atoms with Crippen LogP contribution in [0.5, 0.6) is 5.88 Å². The summed E-state index contributed by atoms with van der Waals surface area (Å²) in [5.74, 6) is 0.634. The first kappa shape index (κ1) is 16.1. The van der Waals surface area contributed by atoms with Gasteiger partial charge in [0.05, 0.1) is 7.11 Å². The molecule has 3 rings (SSSR count). The molecule has 0 unspecified atom stereocenters. The average Bonchev–Trinajstić information content (AvgIpc) is 3.04. The van der Waals surface area contributed by atoms with Crippen LogP contribution >= 0.6 is 0 Å². The Hall–Kier alpha value is -2.82. The summed E-state index contributed by atoms with van der Waals surface area (Å²) in [6, 6.07) is 11.9. The number of pyridine rings is 1. The summed E-state index contributed by atoms with van der Waals surface area (Å²) in [7, 11) is 1.58. The van der Waals surface area contributed by atoms with Gasteiger partial charge >= 0.3 is 0 Å². The van der Waals surface area contributed by atoms with Crippen molar-refractivity contribution in [3.05, 3.63) is 59.9 Å². The number of hydrogen-bond donors (Lipinski definition) is 2. The molecule has 24 heavy (non-hydrogen) atoms. The number of aromatic amines is 1. The molecule has 2 heterocycles. The van der Waals surface area contributed by atoms with Gasteiger partial charge in [0.1, 0.15) is 0 Å². The monoisotopic (exact) mass is 323 g/mol. The second kappa shape index (κ2) is 7.64. The van der Waals surface area contributed by atoms with Gasteiger partial charge in [-0.2, -0.15) is 0 Å². The van der Waals surface area contributed by atoms with Crippen molar-refractivity contribution in [1.82, 2.24) is 15.3 Å². The van der Waals surface area contributed by atoms with E-state index in [0.717, 1.165) is 23.9 Å². The van der Waals surface area contributed by atoms with E-state index in [-0.39, 0.29) is 5.91 Å². The van der Waals surface area contributed by atoms with E-state index in [4.69, 9.17) is 4.74 Å². The lowest BCUT2D eigenvalue weighted by Gasteiger charge is -2.06.